The number of aromatic nitrogens is 1. The summed E-state index contributed by atoms with van der Waals surface area (Å²) in [6.07, 6.45) is 1.75. The molecule has 0 spiro atoms. The van der Waals surface area contributed by atoms with E-state index in [9.17, 15) is 4.39 Å². The van der Waals surface area contributed by atoms with Gasteiger partial charge in [-0.05, 0) is 48.9 Å². The van der Waals surface area contributed by atoms with Gasteiger partial charge in [0.05, 0.1) is 31.2 Å². The summed E-state index contributed by atoms with van der Waals surface area (Å²) in [5.41, 5.74) is 4.86. The molecule has 1 aromatic heterocycles. The van der Waals surface area contributed by atoms with Crippen molar-refractivity contribution in [1.29, 1.82) is 0 Å². The number of benzene rings is 2. The molecule has 3 aromatic rings. The third-order valence-corrected chi connectivity index (χ3v) is 5.95. The van der Waals surface area contributed by atoms with Crippen LogP contribution in [0, 0.1) is 5.82 Å². The standard InChI is InChI=1S/C24H25FN4OS/c1-3-12-26-24-29(23(17-31-24)20-4-8-21(25)9-5-20)27-18(2)19-6-10-22(11-7-19)28-13-15-30-16-14-28/h3-11,17H,1,12-16H2,2H3. The predicted molar refractivity (Wildman–Crippen MR) is 125 cm³/mol. The Bertz CT molecular complexity index is 1120. The Morgan fingerprint density at radius 1 is 1.13 bits per heavy atom. The third-order valence-electron chi connectivity index (χ3n) is 5.09. The van der Waals surface area contributed by atoms with Crippen molar-refractivity contribution in [3.8, 4) is 11.3 Å². The summed E-state index contributed by atoms with van der Waals surface area (Å²) in [6.45, 7) is 9.59. The number of hydrogen-bond acceptors (Lipinski definition) is 5. The lowest BCUT2D eigenvalue weighted by molar-refractivity contribution is 0.122. The van der Waals surface area contributed by atoms with E-state index in [1.165, 1.54) is 29.2 Å². The molecular weight excluding hydrogens is 411 g/mol. The zero-order chi connectivity index (χ0) is 21.6. The largest absolute Gasteiger partial charge is 0.378 e. The molecule has 31 heavy (non-hydrogen) atoms. The first-order valence-corrected chi connectivity index (χ1v) is 11.1. The molecule has 0 amide bonds. The minimum atomic E-state index is -0.262. The van der Waals surface area contributed by atoms with Crippen LogP contribution < -0.4 is 9.70 Å². The highest BCUT2D eigenvalue weighted by molar-refractivity contribution is 7.07. The van der Waals surface area contributed by atoms with E-state index in [1.807, 2.05) is 17.0 Å². The lowest BCUT2D eigenvalue weighted by Gasteiger charge is -2.28. The van der Waals surface area contributed by atoms with Crippen LogP contribution in [-0.4, -0.2) is 43.2 Å². The normalized spacial score (nSPS) is 15.4. The molecule has 7 heteroatoms. The van der Waals surface area contributed by atoms with Crippen LogP contribution in [0.25, 0.3) is 11.3 Å². The Morgan fingerprint density at radius 3 is 2.52 bits per heavy atom. The molecule has 1 fully saturated rings. The van der Waals surface area contributed by atoms with Gasteiger partial charge in [0.15, 0.2) is 0 Å². The quantitative estimate of drug-likeness (QED) is 0.420. The zero-order valence-electron chi connectivity index (χ0n) is 17.5. The molecule has 0 atom stereocenters. The van der Waals surface area contributed by atoms with Crippen LogP contribution in [0.2, 0.25) is 0 Å². The SMILES string of the molecule is C=CCN=c1scc(-c2ccc(F)cc2)n1N=C(C)c1ccc(N2CCOCC2)cc1. The third kappa shape index (κ3) is 5.00. The van der Waals surface area contributed by atoms with Crippen molar-refractivity contribution in [2.75, 3.05) is 37.7 Å². The van der Waals surface area contributed by atoms with Gasteiger partial charge in [-0.1, -0.05) is 18.2 Å². The molecule has 0 radical (unpaired) electrons. The van der Waals surface area contributed by atoms with Crippen molar-refractivity contribution in [2.45, 2.75) is 6.92 Å². The van der Waals surface area contributed by atoms with Gasteiger partial charge in [0.1, 0.15) is 5.82 Å². The molecule has 160 valence electrons. The van der Waals surface area contributed by atoms with Gasteiger partial charge in [-0.25, -0.2) is 9.07 Å². The van der Waals surface area contributed by atoms with E-state index < -0.39 is 0 Å². The number of ether oxygens (including phenoxy) is 1. The average Bonchev–Trinajstić information content (AvgIpc) is 3.21. The second-order valence-electron chi connectivity index (χ2n) is 7.18. The summed E-state index contributed by atoms with van der Waals surface area (Å²) in [4.78, 5) is 7.67. The number of rotatable bonds is 6. The minimum absolute atomic E-state index is 0.262. The number of morpholine rings is 1. The first-order valence-electron chi connectivity index (χ1n) is 10.2. The topological polar surface area (TPSA) is 42.1 Å². The maximum Gasteiger partial charge on any atom is 0.206 e. The van der Waals surface area contributed by atoms with Crippen LogP contribution in [0.4, 0.5) is 10.1 Å². The van der Waals surface area contributed by atoms with Gasteiger partial charge in [-0.3, -0.25) is 4.99 Å². The summed E-state index contributed by atoms with van der Waals surface area (Å²) in [5.74, 6) is -0.262. The first-order chi connectivity index (χ1) is 15.2. The van der Waals surface area contributed by atoms with Gasteiger partial charge in [0.25, 0.3) is 0 Å². The highest BCUT2D eigenvalue weighted by Gasteiger charge is 2.12. The molecule has 0 N–H and O–H groups in total. The van der Waals surface area contributed by atoms with E-state index in [2.05, 4.69) is 40.7 Å². The Hall–Kier alpha value is -3.03. The molecule has 0 unspecified atom stereocenters. The van der Waals surface area contributed by atoms with Crippen molar-refractivity contribution in [1.82, 2.24) is 4.68 Å². The van der Waals surface area contributed by atoms with Gasteiger partial charge in [-0.15, -0.1) is 17.9 Å². The van der Waals surface area contributed by atoms with Crippen LogP contribution in [0.3, 0.4) is 0 Å². The molecule has 0 saturated carbocycles. The van der Waals surface area contributed by atoms with Crippen molar-refractivity contribution < 1.29 is 9.13 Å². The molecular formula is C24H25FN4OS. The number of hydrogen-bond donors (Lipinski definition) is 0. The molecule has 0 aliphatic carbocycles. The number of anilines is 1. The maximum absolute atomic E-state index is 13.4. The summed E-state index contributed by atoms with van der Waals surface area (Å²) in [7, 11) is 0. The summed E-state index contributed by atoms with van der Waals surface area (Å²) >= 11 is 1.50. The number of thiazole rings is 1. The maximum atomic E-state index is 13.4. The predicted octanol–water partition coefficient (Wildman–Crippen LogP) is 4.55. The fourth-order valence-corrected chi connectivity index (χ4v) is 4.25. The number of nitrogens with zero attached hydrogens (tertiary/aromatic N) is 4. The van der Waals surface area contributed by atoms with Crippen molar-refractivity contribution in [2.24, 2.45) is 10.1 Å². The fourth-order valence-electron chi connectivity index (χ4n) is 3.41. The molecule has 2 aromatic carbocycles. The van der Waals surface area contributed by atoms with E-state index in [4.69, 9.17) is 9.84 Å². The van der Waals surface area contributed by atoms with Gasteiger partial charge in [0.2, 0.25) is 4.80 Å². The molecule has 5 nitrogen and oxygen atoms in total. The summed E-state index contributed by atoms with van der Waals surface area (Å²) < 4.78 is 20.7. The van der Waals surface area contributed by atoms with E-state index in [-0.39, 0.29) is 5.82 Å². The summed E-state index contributed by atoms with van der Waals surface area (Å²) in [6, 6.07) is 14.9. The highest BCUT2D eigenvalue weighted by Crippen LogP contribution is 2.22. The Kier molecular flexibility index (Phi) is 6.74. The van der Waals surface area contributed by atoms with Crippen molar-refractivity contribution in [3.05, 3.63) is 82.7 Å². The molecule has 4 rings (SSSR count). The monoisotopic (exact) mass is 436 g/mol. The molecule has 1 aliphatic rings. The van der Waals surface area contributed by atoms with Gasteiger partial charge in [-0.2, -0.15) is 5.10 Å². The minimum Gasteiger partial charge on any atom is -0.378 e. The van der Waals surface area contributed by atoms with Crippen molar-refractivity contribution in [3.63, 3.8) is 0 Å². The van der Waals surface area contributed by atoms with Crippen LogP contribution in [0.15, 0.2) is 76.7 Å². The smallest absolute Gasteiger partial charge is 0.206 e. The van der Waals surface area contributed by atoms with Gasteiger partial charge < -0.3 is 9.64 Å². The Morgan fingerprint density at radius 2 is 1.84 bits per heavy atom. The van der Waals surface area contributed by atoms with Gasteiger partial charge in [0, 0.05) is 29.7 Å². The second kappa shape index (κ2) is 9.85. The van der Waals surface area contributed by atoms with Gasteiger partial charge >= 0.3 is 0 Å². The van der Waals surface area contributed by atoms with Crippen LogP contribution in [0.5, 0.6) is 0 Å². The average molecular weight is 437 g/mol. The second-order valence-corrected chi connectivity index (χ2v) is 8.02. The Balaban J connectivity index is 1.68. The Labute approximate surface area is 185 Å². The number of halogens is 1. The zero-order valence-corrected chi connectivity index (χ0v) is 18.3. The summed E-state index contributed by atoms with van der Waals surface area (Å²) in [5, 5.41) is 6.86. The first kappa shape index (κ1) is 21.2. The van der Waals surface area contributed by atoms with Crippen LogP contribution in [-0.2, 0) is 4.74 Å². The van der Waals surface area contributed by atoms with Crippen molar-refractivity contribution >= 4 is 22.7 Å². The van der Waals surface area contributed by atoms with E-state index in [1.54, 1.807) is 18.2 Å². The van der Waals surface area contributed by atoms with Crippen LogP contribution in [0.1, 0.15) is 12.5 Å². The molecule has 2 heterocycles. The lowest BCUT2D eigenvalue weighted by Crippen LogP contribution is -2.36. The lowest BCUT2D eigenvalue weighted by atomic mass is 10.1. The molecule has 0 bridgehead atoms. The molecule has 1 saturated heterocycles. The molecule has 1 aliphatic heterocycles. The van der Waals surface area contributed by atoms with E-state index >= 15 is 0 Å². The van der Waals surface area contributed by atoms with E-state index in [0.29, 0.717) is 6.54 Å². The van der Waals surface area contributed by atoms with Crippen LogP contribution >= 0.6 is 11.3 Å². The highest BCUT2D eigenvalue weighted by atomic mass is 32.1. The fraction of sp³-hybridized carbons (Fsp3) is 0.250. The van der Waals surface area contributed by atoms with E-state index in [0.717, 1.165) is 53.6 Å².